The second-order valence-corrected chi connectivity index (χ2v) is 5.68. The molecule has 1 atom stereocenters. The maximum absolute atomic E-state index is 12.7. The van der Waals surface area contributed by atoms with Gasteiger partial charge in [-0.2, -0.15) is 0 Å². The van der Waals surface area contributed by atoms with Crippen molar-refractivity contribution >= 4 is 5.78 Å². The molecule has 7 heteroatoms. The Balaban J connectivity index is 2.04. The number of carbonyl (C=O) groups is 1. The number of rotatable bonds is 5. The molecule has 2 aromatic rings. The van der Waals surface area contributed by atoms with Crippen LogP contribution in [-0.2, 0) is 0 Å². The van der Waals surface area contributed by atoms with Crippen molar-refractivity contribution in [3.8, 4) is 34.5 Å². The van der Waals surface area contributed by atoms with Gasteiger partial charge in [0.15, 0.2) is 28.8 Å². The average Bonchev–Trinajstić information content (AvgIpc) is 2.67. The third kappa shape index (κ3) is 2.85. The lowest BCUT2D eigenvalue weighted by Crippen LogP contribution is -2.21. The Labute approximate surface area is 151 Å². The van der Waals surface area contributed by atoms with E-state index in [1.807, 2.05) is 6.07 Å². The first-order valence-electron chi connectivity index (χ1n) is 7.93. The number of aromatic hydroxyl groups is 1. The van der Waals surface area contributed by atoms with Gasteiger partial charge in [-0.1, -0.05) is 6.07 Å². The fourth-order valence-electron chi connectivity index (χ4n) is 3.02. The predicted molar refractivity (Wildman–Crippen MR) is 93.1 cm³/mol. The summed E-state index contributed by atoms with van der Waals surface area (Å²) < 4.78 is 26.9. The van der Waals surface area contributed by atoms with E-state index in [0.717, 1.165) is 5.56 Å². The first-order valence-corrected chi connectivity index (χ1v) is 7.93. The highest BCUT2D eigenvalue weighted by Crippen LogP contribution is 2.49. The molecule has 0 aliphatic carbocycles. The fourth-order valence-corrected chi connectivity index (χ4v) is 3.02. The SMILES string of the molecule is COc1ccc([C@@H]2CC(=O)c3c(cc(OC)c(O)c3OC)O2)cc1OC. The van der Waals surface area contributed by atoms with Gasteiger partial charge < -0.3 is 28.8 Å². The maximum atomic E-state index is 12.7. The molecule has 0 amide bonds. The molecule has 0 saturated heterocycles. The Kier molecular flexibility index (Phi) is 4.79. The molecule has 3 rings (SSSR count). The summed E-state index contributed by atoms with van der Waals surface area (Å²) in [5, 5.41) is 10.2. The van der Waals surface area contributed by atoms with Crippen LogP contribution in [0.4, 0.5) is 0 Å². The van der Waals surface area contributed by atoms with E-state index in [0.29, 0.717) is 17.2 Å². The number of fused-ring (bicyclic) bond motifs is 1. The molecule has 7 nitrogen and oxygen atoms in total. The van der Waals surface area contributed by atoms with Crippen LogP contribution in [0.3, 0.4) is 0 Å². The van der Waals surface area contributed by atoms with Gasteiger partial charge in [-0.05, 0) is 17.7 Å². The zero-order valence-corrected chi connectivity index (χ0v) is 15.0. The highest BCUT2D eigenvalue weighted by molar-refractivity contribution is 6.03. The molecular formula is C19H20O7. The number of carbonyl (C=O) groups excluding carboxylic acids is 1. The van der Waals surface area contributed by atoms with E-state index in [9.17, 15) is 9.90 Å². The van der Waals surface area contributed by atoms with Crippen molar-refractivity contribution in [1.82, 2.24) is 0 Å². The molecule has 1 N–H and O–H groups in total. The second kappa shape index (κ2) is 7.03. The van der Waals surface area contributed by atoms with Crippen LogP contribution in [0.1, 0.15) is 28.4 Å². The number of ether oxygens (including phenoxy) is 5. The van der Waals surface area contributed by atoms with Crippen molar-refractivity contribution in [3.05, 3.63) is 35.4 Å². The van der Waals surface area contributed by atoms with Gasteiger partial charge in [-0.25, -0.2) is 0 Å². The first kappa shape index (κ1) is 17.7. The van der Waals surface area contributed by atoms with Crippen LogP contribution in [0, 0.1) is 0 Å². The molecular weight excluding hydrogens is 340 g/mol. The van der Waals surface area contributed by atoms with E-state index in [2.05, 4.69) is 0 Å². The molecule has 1 heterocycles. The Morgan fingerprint density at radius 1 is 0.962 bits per heavy atom. The lowest BCUT2D eigenvalue weighted by Gasteiger charge is -2.28. The molecule has 0 spiro atoms. The highest BCUT2D eigenvalue weighted by Gasteiger charge is 2.34. The Bertz CT molecular complexity index is 844. The molecule has 1 aliphatic rings. The summed E-state index contributed by atoms with van der Waals surface area (Å²) in [5.41, 5.74) is 0.982. The molecule has 0 aromatic heterocycles. The number of Topliss-reactive ketones (excluding diaryl/α,β-unsaturated/α-hetero) is 1. The summed E-state index contributed by atoms with van der Waals surface area (Å²) in [4.78, 5) is 12.7. The number of methoxy groups -OCH3 is 4. The van der Waals surface area contributed by atoms with Crippen LogP contribution in [0.25, 0.3) is 0 Å². The number of hydrogen-bond donors (Lipinski definition) is 1. The summed E-state index contributed by atoms with van der Waals surface area (Å²) in [6.45, 7) is 0. The van der Waals surface area contributed by atoms with Crippen molar-refractivity contribution in [2.45, 2.75) is 12.5 Å². The monoisotopic (exact) mass is 360 g/mol. The standard InChI is InChI=1S/C19H20O7/c1-22-12-6-5-10(7-14(12)23-2)13-8-11(20)17-15(26-13)9-16(24-3)18(21)19(17)25-4/h5-7,9,13,21H,8H2,1-4H3/t13-/m0/s1. The highest BCUT2D eigenvalue weighted by atomic mass is 16.5. The first-order chi connectivity index (χ1) is 12.5. The molecule has 26 heavy (non-hydrogen) atoms. The zero-order chi connectivity index (χ0) is 18.8. The largest absolute Gasteiger partial charge is 0.502 e. The number of benzene rings is 2. The van der Waals surface area contributed by atoms with Gasteiger partial charge in [-0.15, -0.1) is 0 Å². The van der Waals surface area contributed by atoms with E-state index in [-0.39, 0.29) is 35.0 Å². The average molecular weight is 360 g/mol. The van der Waals surface area contributed by atoms with Gasteiger partial charge >= 0.3 is 0 Å². The maximum Gasteiger partial charge on any atom is 0.201 e. The number of phenolic OH excluding ortho intramolecular Hbond substituents is 1. The number of phenols is 1. The third-order valence-electron chi connectivity index (χ3n) is 4.31. The van der Waals surface area contributed by atoms with Gasteiger partial charge in [0.25, 0.3) is 0 Å². The predicted octanol–water partition coefficient (Wildman–Crippen LogP) is 3.13. The van der Waals surface area contributed by atoms with Crippen LogP contribution in [0.15, 0.2) is 24.3 Å². The zero-order valence-electron chi connectivity index (χ0n) is 15.0. The number of ketones is 1. The van der Waals surface area contributed by atoms with Crippen molar-refractivity contribution in [1.29, 1.82) is 0 Å². The van der Waals surface area contributed by atoms with Crippen LogP contribution in [-0.4, -0.2) is 39.3 Å². The molecule has 0 fully saturated rings. The minimum absolute atomic E-state index is 0.0510. The van der Waals surface area contributed by atoms with E-state index < -0.39 is 6.10 Å². The topological polar surface area (TPSA) is 83.5 Å². The summed E-state index contributed by atoms with van der Waals surface area (Å²) in [5.74, 6) is 1.24. The van der Waals surface area contributed by atoms with Crippen molar-refractivity contribution in [3.63, 3.8) is 0 Å². The van der Waals surface area contributed by atoms with Gasteiger partial charge in [-0.3, -0.25) is 4.79 Å². The third-order valence-corrected chi connectivity index (χ3v) is 4.31. The second-order valence-electron chi connectivity index (χ2n) is 5.68. The van der Waals surface area contributed by atoms with E-state index >= 15 is 0 Å². The van der Waals surface area contributed by atoms with Crippen LogP contribution >= 0.6 is 0 Å². The molecule has 2 aromatic carbocycles. The van der Waals surface area contributed by atoms with E-state index in [1.54, 1.807) is 26.4 Å². The quantitative estimate of drug-likeness (QED) is 0.877. The lowest BCUT2D eigenvalue weighted by atomic mass is 9.95. The Morgan fingerprint density at radius 3 is 2.27 bits per heavy atom. The Morgan fingerprint density at radius 2 is 1.65 bits per heavy atom. The summed E-state index contributed by atoms with van der Waals surface area (Å²) in [7, 11) is 5.89. The van der Waals surface area contributed by atoms with Crippen molar-refractivity contribution in [2.75, 3.05) is 28.4 Å². The van der Waals surface area contributed by atoms with Crippen LogP contribution in [0.2, 0.25) is 0 Å². The van der Waals surface area contributed by atoms with Crippen molar-refractivity contribution < 1.29 is 33.6 Å². The van der Waals surface area contributed by atoms with E-state index in [1.165, 1.54) is 20.3 Å². The minimum Gasteiger partial charge on any atom is -0.502 e. The smallest absolute Gasteiger partial charge is 0.201 e. The fraction of sp³-hybridized carbons (Fsp3) is 0.316. The van der Waals surface area contributed by atoms with Gasteiger partial charge in [0.05, 0.1) is 34.9 Å². The van der Waals surface area contributed by atoms with Crippen LogP contribution in [0.5, 0.6) is 34.5 Å². The van der Waals surface area contributed by atoms with Crippen molar-refractivity contribution in [2.24, 2.45) is 0 Å². The van der Waals surface area contributed by atoms with Crippen LogP contribution < -0.4 is 23.7 Å². The number of hydrogen-bond acceptors (Lipinski definition) is 7. The summed E-state index contributed by atoms with van der Waals surface area (Å²) >= 11 is 0. The molecule has 0 bridgehead atoms. The molecule has 0 saturated carbocycles. The molecule has 138 valence electrons. The molecule has 1 aliphatic heterocycles. The minimum atomic E-state index is -0.506. The molecule has 0 radical (unpaired) electrons. The van der Waals surface area contributed by atoms with E-state index in [4.69, 9.17) is 23.7 Å². The van der Waals surface area contributed by atoms with Gasteiger partial charge in [0.2, 0.25) is 5.75 Å². The lowest BCUT2D eigenvalue weighted by molar-refractivity contribution is 0.0842. The Hall–Kier alpha value is -3.09. The summed E-state index contributed by atoms with van der Waals surface area (Å²) in [6.07, 6.45) is -0.404. The van der Waals surface area contributed by atoms with Gasteiger partial charge in [0, 0.05) is 6.07 Å². The normalized spacial score (nSPS) is 15.7. The molecule has 0 unspecified atom stereocenters. The summed E-state index contributed by atoms with van der Waals surface area (Å²) in [6, 6.07) is 6.84. The van der Waals surface area contributed by atoms with Gasteiger partial charge in [0.1, 0.15) is 17.4 Å².